The van der Waals surface area contributed by atoms with Crippen LogP contribution in [0.5, 0.6) is 11.5 Å². The lowest BCUT2D eigenvalue weighted by atomic mass is 9.95. The van der Waals surface area contributed by atoms with E-state index >= 15 is 0 Å². The van der Waals surface area contributed by atoms with Crippen molar-refractivity contribution in [3.63, 3.8) is 0 Å². The van der Waals surface area contributed by atoms with Crippen LogP contribution in [0.2, 0.25) is 0 Å². The van der Waals surface area contributed by atoms with Crippen molar-refractivity contribution in [2.75, 3.05) is 26.2 Å². The normalized spacial score (nSPS) is 12.0. The molecule has 0 saturated carbocycles. The fraction of sp³-hybridized carbons (Fsp3) is 0.286. The molecule has 3 rings (SSSR count). The number of nitrogens with zero attached hydrogens (tertiary/aromatic N) is 1. The Morgan fingerprint density at radius 1 is 0.812 bits per heavy atom. The van der Waals surface area contributed by atoms with Crippen molar-refractivity contribution in [1.82, 2.24) is 4.90 Å². The number of halogens is 1. The molecule has 3 aromatic rings. The van der Waals surface area contributed by atoms with Gasteiger partial charge in [0.25, 0.3) is 0 Å². The van der Waals surface area contributed by atoms with Crippen LogP contribution < -0.4 is 4.74 Å². The van der Waals surface area contributed by atoms with E-state index in [0.29, 0.717) is 11.6 Å². The van der Waals surface area contributed by atoms with Gasteiger partial charge in [-0.3, -0.25) is 0 Å². The van der Waals surface area contributed by atoms with E-state index in [2.05, 4.69) is 18.7 Å². The lowest BCUT2D eigenvalue weighted by molar-refractivity contribution is 0.266. The maximum absolute atomic E-state index is 10.0. The summed E-state index contributed by atoms with van der Waals surface area (Å²) >= 11 is 6.86. The maximum Gasteiger partial charge on any atom is 0.119 e. The number of phenols is 1. The van der Waals surface area contributed by atoms with Crippen LogP contribution in [0.4, 0.5) is 0 Å². The standard InChI is InChI=1S/C28H32ClNO2/c1-3-30(4-2)19-8-9-20-32-26-17-15-22(16-18-26)27(24-13-10-14-25(31)21-24)28(29)23-11-6-5-7-12-23/h5-7,10-18,21,31H,3-4,8-9,19-20H2,1-2H3. The van der Waals surface area contributed by atoms with E-state index in [4.69, 9.17) is 16.3 Å². The smallest absolute Gasteiger partial charge is 0.119 e. The van der Waals surface area contributed by atoms with Gasteiger partial charge in [-0.05, 0) is 73.4 Å². The molecule has 0 fully saturated rings. The molecule has 0 aliphatic carbocycles. The van der Waals surface area contributed by atoms with Gasteiger partial charge in [-0.2, -0.15) is 0 Å². The predicted octanol–water partition coefficient (Wildman–Crippen LogP) is 7.05. The summed E-state index contributed by atoms with van der Waals surface area (Å²) in [7, 11) is 0. The Labute approximate surface area is 196 Å². The second kappa shape index (κ2) is 12.3. The molecule has 3 aromatic carbocycles. The predicted molar refractivity (Wildman–Crippen MR) is 135 cm³/mol. The molecular weight excluding hydrogens is 418 g/mol. The zero-order valence-corrected chi connectivity index (χ0v) is 19.7. The third kappa shape index (κ3) is 6.62. The molecule has 0 saturated heterocycles. The van der Waals surface area contributed by atoms with E-state index < -0.39 is 0 Å². The summed E-state index contributed by atoms with van der Waals surface area (Å²) in [6.07, 6.45) is 2.17. The molecule has 0 aromatic heterocycles. The van der Waals surface area contributed by atoms with Crippen molar-refractivity contribution in [2.45, 2.75) is 26.7 Å². The second-order valence-electron chi connectivity index (χ2n) is 7.71. The maximum atomic E-state index is 10.0. The van der Waals surface area contributed by atoms with Crippen LogP contribution in [0.1, 0.15) is 43.4 Å². The number of benzene rings is 3. The molecule has 0 atom stereocenters. The van der Waals surface area contributed by atoms with E-state index in [0.717, 1.165) is 60.5 Å². The zero-order valence-electron chi connectivity index (χ0n) is 18.9. The van der Waals surface area contributed by atoms with Crippen molar-refractivity contribution in [3.05, 3.63) is 95.6 Å². The van der Waals surface area contributed by atoms with Gasteiger partial charge in [0.15, 0.2) is 0 Å². The Morgan fingerprint density at radius 2 is 1.50 bits per heavy atom. The lowest BCUT2D eigenvalue weighted by Crippen LogP contribution is -2.24. The van der Waals surface area contributed by atoms with E-state index in [1.165, 1.54) is 0 Å². The number of ether oxygens (including phenoxy) is 1. The molecule has 0 spiro atoms. The first-order valence-corrected chi connectivity index (χ1v) is 11.7. The molecule has 0 aliphatic rings. The summed E-state index contributed by atoms with van der Waals surface area (Å²) < 4.78 is 5.95. The van der Waals surface area contributed by atoms with Crippen LogP contribution in [-0.2, 0) is 0 Å². The monoisotopic (exact) mass is 449 g/mol. The minimum Gasteiger partial charge on any atom is -0.508 e. The van der Waals surface area contributed by atoms with Crippen molar-refractivity contribution >= 4 is 22.2 Å². The van der Waals surface area contributed by atoms with Gasteiger partial charge in [-0.25, -0.2) is 0 Å². The van der Waals surface area contributed by atoms with Crippen molar-refractivity contribution in [2.24, 2.45) is 0 Å². The molecule has 0 amide bonds. The third-order valence-electron chi connectivity index (χ3n) is 5.56. The van der Waals surface area contributed by atoms with Gasteiger partial charge in [0.1, 0.15) is 11.5 Å². The highest BCUT2D eigenvalue weighted by atomic mass is 35.5. The van der Waals surface area contributed by atoms with Gasteiger partial charge in [-0.15, -0.1) is 0 Å². The quantitative estimate of drug-likeness (QED) is 0.251. The fourth-order valence-corrected chi connectivity index (χ4v) is 4.04. The SMILES string of the molecule is CCN(CC)CCCCOc1ccc(C(=C(Cl)c2ccccc2)c2cccc(O)c2)cc1. The minimum absolute atomic E-state index is 0.210. The van der Waals surface area contributed by atoms with Crippen molar-refractivity contribution in [3.8, 4) is 11.5 Å². The number of aromatic hydroxyl groups is 1. The molecule has 1 N–H and O–H groups in total. The molecular formula is C28H32ClNO2. The van der Waals surface area contributed by atoms with E-state index in [-0.39, 0.29) is 5.75 Å². The van der Waals surface area contributed by atoms with Gasteiger partial charge in [0.2, 0.25) is 0 Å². The fourth-order valence-electron chi connectivity index (χ4n) is 3.70. The first-order valence-electron chi connectivity index (χ1n) is 11.3. The Balaban J connectivity index is 1.75. The number of unbranched alkanes of at least 4 members (excludes halogenated alkanes) is 1. The minimum atomic E-state index is 0.210. The first kappa shape index (κ1) is 23.9. The van der Waals surface area contributed by atoms with Gasteiger partial charge in [0, 0.05) is 5.57 Å². The molecule has 3 nitrogen and oxygen atoms in total. The third-order valence-corrected chi connectivity index (χ3v) is 5.96. The molecule has 0 heterocycles. The molecule has 0 aliphatic heterocycles. The van der Waals surface area contributed by atoms with Gasteiger partial charge in [0.05, 0.1) is 11.6 Å². The average Bonchev–Trinajstić information content (AvgIpc) is 2.83. The first-order chi connectivity index (χ1) is 15.6. The number of hydrogen-bond acceptors (Lipinski definition) is 3. The molecule has 0 bridgehead atoms. The zero-order chi connectivity index (χ0) is 22.8. The summed E-state index contributed by atoms with van der Waals surface area (Å²) in [5.74, 6) is 1.06. The summed E-state index contributed by atoms with van der Waals surface area (Å²) in [5.41, 5.74) is 3.64. The summed E-state index contributed by atoms with van der Waals surface area (Å²) in [6, 6.07) is 25.1. The number of phenolic OH excluding ortho intramolecular Hbond substituents is 1. The summed E-state index contributed by atoms with van der Waals surface area (Å²) in [5, 5.41) is 10.7. The lowest BCUT2D eigenvalue weighted by Gasteiger charge is -2.17. The van der Waals surface area contributed by atoms with Crippen molar-refractivity contribution < 1.29 is 9.84 Å². The van der Waals surface area contributed by atoms with Gasteiger partial charge < -0.3 is 14.7 Å². The van der Waals surface area contributed by atoms with E-state index in [9.17, 15) is 5.11 Å². The van der Waals surface area contributed by atoms with Crippen LogP contribution >= 0.6 is 11.6 Å². The van der Waals surface area contributed by atoms with E-state index in [1.807, 2.05) is 66.7 Å². The topological polar surface area (TPSA) is 32.7 Å². The van der Waals surface area contributed by atoms with Crippen LogP contribution in [-0.4, -0.2) is 36.2 Å². The van der Waals surface area contributed by atoms with Crippen LogP contribution in [0.3, 0.4) is 0 Å². The Hall–Kier alpha value is -2.75. The molecule has 0 unspecified atom stereocenters. The van der Waals surface area contributed by atoms with E-state index in [1.54, 1.807) is 12.1 Å². The number of rotatable bonds is 11. The molecule has 4 heteroatoms. The van der Waals surface area contributed by atoms with Crippen LogP contribution in [0, 0.1) is 0 Å². The second-order valence-corrected chi connectivity index (χ2v) is 8.09. The largest absolute Gasteiger partial charge is 0.508 e. The highest BCUT2D eigenvalue weighted by Gasteiger charge is 2.13. The molecule has 32 heavy (non-hydrogen) atoms. The highest BCUT2D eigenvalue weighted by Crippen LogP contribution is 2.36. The molecule has 0 radical (unpaired) electrons. The summed E-state index contributed by atoms with van der Waals surface area (Å²) in [6.45, 7) is 8.42. The van der Waals surface area contributed by atoms with Crippen molar-refractivity contribution in [1.29, 1.82) is 0 Å². The molecule has 168 valence electrons. The Morgan fingerprint density at radius 3 is 2.16 bits per heavy atom. The van der Waals surface area contributed by atoms with Gasteiger partial charge >= 0.3 is 0 Å². The van der Waals surface area contributed by atoms with Crippen LogP contribution in [0.25, 0.3) is 10.6 Å². The number of hydrogen-bond donors (Lipinski definition) is 1. The highest BCUT2D eigenvalue weighted by molar-refractivity contribution is 6.53. The summed E-state index contributed by atoms with van der Waals surface area (Å²) in [4.78, 5) is 2.43. The average molecular weight is 450 g/mol. The Kier molecular flexibility index (Phi) is 9.21. The Bertz CT molecular complexity index is 995. The van der Waals surface area contributed by atoms with Crippen LogP contribution in [0.15, 0.2) is 78.9 Å². The van der Waals surface area contributed by atoms with Gasteiger partial charge in [-0.1, -0.05) is 80.0 Å².